The van der Waals surface area contributed by atoms with Gasteiger partial charge in [-0.1, -0.05) is 0 Å². The summed E-state index contributed by atoms with van der Waals surface area (Å²) in [5.74, 6) is -3.52. The van der Waals surface area contributed by atoms with E-state index in [0.717, 1.165) is 12.1 Å². The molecule has 1 aromatic carbocycles. The fourth-order valence-electron chi connectivity index (χ4n) is 2.63. The second-order valence-corrected chi connectivity index (χ2v) is 7.35. The Kier molecular flexibility index (Phi) is 5.16. The summed E-state index contributed by atoms with van der Waals surface area (Å²) in [6.45, 7) is 7.36. The van der Waals surface area contributed by atoms with Gasteiger partial charge in [0.25, 0.3) is 0 Å². The van der Waals surface area contributed by atoms with Gasteiger partial charge in [0.15, 0.2) is 28.8 Å². The van der Waals surface area contributed by atoms with Crippen molar-refractivity contribution in [2.24, 2.45) is 0 Å². The number of esters is 1. The highest BCUT2D eigenvalue weighted by Crippen LogP contribution is 2.37. The lowest BCUT2D eigenvalue weighted by Crippen LogP contribution is -2.41. The van der Waals surface area contributed by atoms with E-state index in [-0.39, 0.29) is 16.9 Å². The molecule has 9 heteroatoms. The molecular formula is C19H20BF2NO5. The van der Waals surface area contributed by atoms with Gasteiger partial charge in [0, 0.05) is 6.20 Å². The van der Waals surface area contributed by atoms with Crippen LogP contribution in [-0.4, -0.2) is 36.4 Å². The minimum atomic E-state index is -0.968. The minimum absolute atomic E-state index is 0.129. The number of methoxy groups -OCH3 is 1. The maximum Gasteiger partial charge on any atom is 0.495 e. The second-order valence-electron chi connectivity index (χ2n) is 7.35. The van der Waals surface area contributed by atoms with Gasteiger partial charge in [0.05, 0.1) is 18.3 Å². The zero-order valence-electron chi connectivity index (χ0n) is 16.2. The van der Waals surface area contributed by atoms with Crippen LogP contribution in [-0.2, 0) is 14.0 Å². The number of carbonyl (C=O) groups excluding carboxylic acids is 1. The van der Waals surface area contributed by atoms with E-state index in [4.69, 9.17) is 14.0 Å². The quantitative estimate of drug-likeness (QED) is 0.589. The van der Waals surface area contributed by atoms with Crippen molar-refractivity contribution in [1.82, 2.24) is 4.98 Å². The van der Waals surface area contributed by atoms with E-state index in [2.05, 4.69) is 9.72 Å². The van der Waals surface area contributed by atoms with Gasteiger partial charge in [-0.25, -0.2) is 18.6 Å². The Balaban J connectivity index is 1.92. The van der Waals surface area contributed by atoms with Gasteiger partial charge in [-0.05, 0) is 57.4 Å². The summed E-state index contributed by atoms with van der Waals surface area (Å²) in [4.78, 5) is 15.6. The number of hydrogen-bond acceptors (Lipinski definition) is 6. The SMILES string of the molecule is COC(=O)c1ncccc1Oc1c(F)cc(B2OC(C)(C)C(C)(C)O2)cc1F. The number of carbonyl (C=O) groups is 1. The van der Waals surface area contributed by atoms with Crippen LogP contribution in [0.5, 0.6) is 11.5 Å². The normalized spacial score (nSPS) is 17.5. The summed E-state index contributed by atoms with van der Waals surface area (Å²) in [6.07, 6.45) is 1.34. The molecule has 2 heterocycles. The largest absolute Gasteiger partial charge is 0.495 e. The molecule has 6 nitrogen and oxygen atoms in total. The highest BCUT2D eigenvalue weighted by molar-refractivity contribution is 6.62. The summed E-state index contributed by atoms with van der Waals surface area (Å²) >= 11 is 0. The van der Waals surface area contributed by atoms with E-state index >= 15 is 0 Å². The number of hydrogen-bond donors (Lipinski definition) is 0. The molecule has 148 valence electrons. The van der Waals surface area contributed by atoms with Gasteiger partial charge < -0.3 is 18.8 Å². The van der Waals surface area contributed by atoms with Gasteiger partial charge in [0.2, 0.25) is 0 Å². The highest BCUT2D eigenvalue weighted by Gasteiger charge is 2.52. The van der Waals surface area contributed by atoms with E-state index in [1.807, 2.05) is 27.7 Å². The maximum atomic E-state index is 14.6. The Morgan fingerprint density at radius 1 is 1.11 bits per heavy atom. The molecule has 0 amide bonds. The van der Waals surface area contributed by atoms with E-state index < -0.39 is 41.7 Å². The Morgan fingerprint density at radius 3 is 2.21 bits per heavy atom. The molecule has 28 heavy (non-hydrogen) atoms. The molecule has 3 rings (SSSR count). The predicted octanol–water partition coefficient (Wildman–Crippen LogP) is 3.24. The van der Waals surface area contributed by atoms with Crippen LogP contribution < -0.4 is 10.2 Å². The highest BCUT2D eigenvalue weighted by atomic mass is 19.1. The molecule has 2 aromatic rings. The van der Waals surface area contributed by atoms with Crippen LogP contribution in [0, 0.1) is 11.6 Å². The first kappa shape index (κ1) is 20.2. The van der Waals surface area contributed by atoms with E-state index in [1.165, 1.54) is 25.4 Å². The van der Waals surface area contributed by atoms with Crippen molar-refractivity contribution >= 4 is 18.6 Å². The Bertz CT molecular complexity index is 880. The summed E-state index contributed by atoms with van der Waals surface area (Å²) in [5.41, 5.74) is -1.31. The van der Waals surface area contributed by atoms with Gasteiger partial charge in [-0.15, -0.1) is 0 Å². The molecule has 0 bridgehead atoms. The van der Waals surface area contributed by atoms with Crippen LogP contribution >= 0.6 is 0 Å². The van der Waals surface area contributed by atoms with E-state index in [0.29, 0.717) is 0 Å². The third-order valence-corrected chi connectivity index (χ3v) is 4.91. The predicted molar refractivity (Wildman–Crippen MR) is 97.7 cm³/mol. The first-order chi connectivity index (χ1) is 13.1. The van der Waals surface area contributed by atoms with Gasteiger partial charge >= 0.3 is 13.1 Å². The molecule has 0 aliphatic carbocycles. The number of pyridine rings is 1. The molecule has 0 radical (unpaired) electrons. The molecule has 0 unspecified atom stereocenters. The molecule has 1 aromatic heterocycles. The first-order valence-electron chi connectivity index (χ1n) is 8.61. The van der Waals surface area contributed by atoms with Crippen LogP contribution in [0.3, 0.4) is 0 Å². The third-order valence-electron chi connectivity index (χ3n) is 4.91. The number of halogens is 2. The fraction of sp³-hybridized carbons (Fsp3) is 0.368. The number of benzene rings is 1. The molecule has 0 N–H and O–H groups in total. The molecule has 1 aliphatic rings. The first-order valence-corrected chi connectivity index (χ1v) is 8.61. The van der Waals surface area contributed by atoms with Crippen LogP contribution in [0.25, 0.3) is 0 Å². The van der Waals surface area contributed by atoms with Gasteiger partial charge in [-0.3, -0.25) is 0 Å². The number of nitrogens with zero attached hydrogens (tertiary/aromatic N) is 1. The van der Waals surface area contributed by atoms with Crippen LogP contribution in [0.1, 0.15) is 38.2 Å². The zero-order valence-corrected chi connectivity index (χ0v) is 16.2. The molecule has 1 saturated heterocycles. The fourth-order valence-corrected chi connectivity index (χ4v) is 2.63. The minimum Gasteiger partial charge on any atom is -0.464 e. The van der Waals surface area contributed by atoms with Crippen LogP contribution in [0.4, 0.5) is 8.78 Å². The molecule has 1 aliphatic heterocycles. The van der Waals surface area contributed by atoms with Crippen LogP contribution in [0.15, 0.2) is 30.5 Å². The van der Waals surface area contributed by atoms with Gasteiger partial charge in [0.1, 0.15) is 0 Å². The number of rotatable bonds is 4. The van der Waals surface area contributed by atoms with Crippen molar-refractivity contribution < 1.29 is 32.4 Å². The lowest BCUT2D eigenvalue weighted by atomic mass is 9.79. The average Bonchev–Trinajstić information content (AvgIpc) is 2.85. The van der Waals surface area contributed by atoms with Crippen LogP contribution in [0.2, 0.25) is 0 Å². The van der Waals surface area contributed by atoms with Crippen molar-refractivity contribution in [2.75, 3.05) is 7.11 Å². The monoisotopic (exact) mass is 391 g/mol. The summed E-state index contributed by atoms with van der Waals surface area (Å²) in [5, 5.41) is 0. The Labute approximate surface area is 161 Å². The Hall–Kier alpha value is -2.52. The van der Waals surface area contributed by atoms with Crippen molar-refractivity contribution in [3.8, 4) is 11.5 Å². The summed E-state index contributed by atoms with van der Waals surface area (Å²) in [7, 11) is 0.244. The average molecular weight is 391 g/mol. The third kappa shape index (κ3) is 3.59. The molecule has 0 spiro atoms. The zero-order chi connectivity index (χ0) is 20.7. The molecule has 1 fully saturated rings. The maximum absolute atomic E-state index is 14.6. The summed E-state index contributed by atoms with van der Waals surface area (Å²) < 4.78 is 50.8. The smallest absolute Gasteiger partial charge is 0.464 e. The Morgan fingerprint density at radius 2 is 1.68 bits per heavy atom. The van der Waals surface area contributed by atoms with Crippen molar-refractivity contribution in [3.05, 3.63) is 47.8 Å². The molecular weight excluding hydrogens is 371 g/mol. The molecule has 0 atom stereocenters. The van der Waals surface area contributed by atoms with E-state index in [9.17, 15) is 13.6 Å². The lowest BCUT2D eigenvalue weighted by molar-refractivity contribution is 0.00578. The topological polar surface area (TPSA) is 66.9 Å². The van der Waals surface area contributed by atoms with Crippen molar-refractivity contribution in [1.29, 1.82) is 0 Å². The molecule has 0 saturated carbocycles. The second kappa shape index (κ2) is 7.14. The number of ether oxygens (including phenoxy) is 2. The number of aromatic nitrogens is 1. The summed E-state index contributed by atoms with van der Waals surface area (Å²) in [6, 6.07) is 4.99. The van der Waals surface area contributed by atoms with E-state index in [1.54, 1.807) is 0 Å². The standard InChI is InChI=1S/C19H20BF2NO5/c1-18(2)19(3,4)28-20(27-18)11-9-12(21)16(13(22)10-11)26-14-7-6-8-23-15(14)17(24)25-5/h6-10H,1-5H3. The van der Waals surface area contributed by atoms with Crippen molar-refractivity contribution in [2.45, 2.75) is 38.9 Å². The lowest BCUT2D eigenvalue weighted by Gasteiger charge is -2.32. The van der Waals surface area contributed by atoms with Gasteiger partial charge in [-0.2, -0.15) is 0 Å². The van der Waals surface area contributed by atoms with Crippen molar-refractivity contribution in [3.63, 3.8) is 0 Å².